The first-order valence-electron chi connectivity index (χ1n) is 11.1. The van der Waals surface area contributed by atoms with Crippen molar-refractivity contribution < 1.29 is 28.9 Å². The number of hydrogen-bond donors (Lipinski definition) is 1. The molecule has 1 fully saturated rings. The number of amides is 1. The molecule has 0 saturated carbocycles. The van der Waals surface area contributed by atoms with Gasteiger partial charge in [-0.05, 0) is 58.3 Å². The first-order chi connectivity index (χ1) is 16.2. The Morgan fingerprint density at radius 2 is 1.74 bits per heavy atom. The second-order valence-electron chi connectivity index (χ2n) is 8.57. The lowest BCUT2D eigenvalue weighted by Gasteiger charge is -2.28. The number of likely N-dealkylation sites (N-methyl/N-ethyl adjacent to an activating group) is 1. The van der Waals surface area contributed by atoms with E-state index in [0.717, 1.165) is 0 Å². The fourth-order valence-corrected chi connectivity index (χ4v) is 3.99. The number of Topliss-reactive ketones (excluding diaryl/α,β-unsaturated/α-hetero) is 1. The predicted molar refractivity (Wildman–Crippen MR) is 129 cm³/mol. The number of ether oxygens (including phenoxy) is 3. The number of rotatable bonds is 9. The van der Waals surface area contributed by atoms with Crippen molar-refractivity contribution in [3.8, 4) is 17.2 Å². The Kier molecular flexibility index (Phi) is 7.83. The van der Waals surface area contributed by atoms with E-state index in [0.29, 0.717) is 41.5 Å². The summed E-state index contributed by atoms with van der Waals surface area (Å²) < 4.78 is 16.7. The topological polar surface area (TPSA) is 88.5 Å². The highest BCUT2D eigenvalue weighted by Crippen LogP contribution is 2.45. The number of carbonyl (C=O) groups is 2. The van der Waals surface area contributed by atoms with Gasteiger partial charge in [0.15, 0.2) is 11.5 Å². The largest absolute Gasteiger partial charge is 0.507 e. The van der Waals surface area contributed by atoms with Gasteiger partial charge in [-0.3, -0.25) is 9.59 Å². The third kappa shape index (κ3) is 5.02. The number of nitrogens with zero attached hydrogens (tertiary/aromatic N) is 2. The van der Waals surface area contributed by atoms with E-state index in [1.165, 1.54) is 19.1 Å². The minimum absolute atomic E-state index is 0.00185. The molecule has 8 heteroatoms. The Labute approximate surface area is 200 Å². The average Bonchev–Trinajstić information content (AvgIpc) is 3.06. The van der Waals surface area contributed by atoms with Gasteiger partial charge in [-0.1, -0.05) is 12.1 Å². The van der Waals surface area contributed by atoms with Crippen molar-refractivity contribution in [2.24, 2.45) is 0 Å². The molecule has 0 bridgehead atoms. The number of ketones is 1. The Bertz CT molecular complexity index is 1080. The van der Waals surface area contributed by atoms with Gasteiger partial charge < -0.3 is 29.1 Å². The number of aliphatic hydroxyl groups excluding tert-OH is 1. The van der Waals surface area contributed by atoms with Crippen LogP contribution in [0.5, 0.6) is 17.2 Å². The van der Waals surface area contributed by atoms with Crippen molar-refractivity contribution in [1.82, 2.24) is 9.80 Å². The van der Waals surface area contributed by atoms with Crippen molar-refractivity contribution in [3.05, 3.63) is 59.2 Å². The zero-order valence-corrected chi connectivity index (χ0v) is 20.5. The summed E-state index contributed by atoms with van der Waals surface area (Å²) in [4.78, 5) is 29.7. The normalized spacial score (nSPS) is 17.5. The van der Waals surface area contributed by atoms with E-state index in [1.54, 1.807) is 42.5 Å². The summed E-state index contributed by atoms with van der Waals surface area (Å²) in [5.41, 5.74) is 0.975. The second kappa shape index (κ2) is 10.6. The third-order valence-corrected chi connectivity index (χ3v) is 5.56. The van der Waals surface area contributed by atoms with E-state index in [2.05, 4.69) is 0 Å². The van der Waals surface area contributed by atoms with Crippen LogP contribution >= 0.6 is 0 Å². The number of hydrogen-bond acceptors (Lipinski definition) is 7. The van der Waals surface area contributed by atoms with Crippen LogP contribution in [0.15, 0.2) is 48.0 Å². The zero-order valence-electron chi connectivity index (χ0n) is 20.5. The molecule has 0 aliphatic carbocycles. The molecule has 1 amide bonds. The molecule has 182 valence electrons. The number of methoxy groups -OCH3 is 2. The van der Waals surface area contributed by atoms with Crippen molar-refractivity contribution >= 4 is 17.4 Å². The van der Waals surface area contributed by atoms with E-state index in [1.807, 2.05) is 32.8 Å². The standard InChI is InChI=1S/C26H32N2O6/c1-16(2)34-18-12-10-17(11-13-18)23(29)21-22(19-8-7-9-20(32-5)25(19)33-6)28(15-14-27(3)4)26(31)24(21)30/h7-13,16,22,29H,14-15H2,1-6H3/t22-/m0/s1. The minimum Gasteiger partial charge on any atom is -0.507 e. The van der Waals surface area contributed by atoms with Gasteiger partial charge in [-0.2, -0.15) is 0 Å². The highest BCUT2D eigenvalue weighted by atomic mass is 16.5. The maximum atomic E-state index is 13.2. The number of likely N-dealkylation sites (tertiary alicyclic amines) is 1. The van der Waals surface area contributed by atoms with Crippen LogP contribution in [-0.4, -0.2) is 74.1 Å². The number of benzene rings is 2. The van der Waals surface area contributed by atoms with Gasteiger partial charge >= 0.3 is 0 Å². The summed E-state index contributed by atoms with van der Waals surface area (Å²) in [6.45, 7) is 4.67. The molecule has 1 saturated heterocycles. The predicted octanol–water partition coefficient (Wildman–Crippen LogP) is 3.47. The number of aliphatic hydroxyl groups is 1. The van der Waals surface area contributed by atoms with Crippen molar-refractivity contribution in [2.45, 2.75) is 26.0 Å². The fourth-order valence-electron chi connectivity index (χ4n) is 3.99. The highest BCUT2D eigenvalue weighted by Gasteiger charge is 2.47. The molecule has 0 spiro atoms. The van der Waals surface area contributed by atoms with Gasteiger partial charge in [-0.15, -0.1) is 0 Å². The molecule has 1 atom stereocenters. The Morgan fingerprint density at radius 3 is 2.29 bits per heavy atom. The fraction of sp³-hybridized carbons (Fsp3) is 0.385. The van der Waals surface area contributed by atoms with Gasteiger partial charge in [0, 0.05) is 24.2 Å². The molecule has 34 heavy (non-hydrogen) atoms. The molecule has 0 radical (unpaired) electrons. The summed E-state index contributed by atoms with van der Waals surface area (Å²) in [5.74, 6) is -0.154. The van der Waals surface area contributed by atoms with Crippen LogP contribution in [0.3, 0.4) is 0 Å². The molecule has 2 aromatic rings. The molecular weight excluding hydrogens is 436 g/mol. The van der Waals surface area contributed by atoms with Crippen LogP contribution in [0.1, 0.15) is 31.0 Å². The second-order valence-corrected chi connectivity index (χ2v) is 8.57. The van der Waals surface area contributed by atoms with Crippen LogP contribution in [-0.2, 0) is 9.59 Å². The quantitative estimate of drug-likeness (QED) is 0.342. The van der Waals surface area contributed by atoms with E-state index < -0.39 is 17.7 Å². The molecule has 1 aliphatic heterocycles. The molecule has 0 aromatic heterocycles. The third-order valence-electron chi connectivity index (χ3n) is 5.56. The zero-order chi connectivity index (χ0) is 25.0. The molecule has 1 N–H and O–H groups in total. The van der Waals surface area contributed by atoms with E-state index in [9.17, 15) is 14.7 Å². The monoisotopic (exact) mass is 468 g/mol. The van der Waals surface area contributed by atoms with E-state index in [-0.39, 0.29) is 17.4 Å². The number of para-hydroxylation sites is 1. The van der Waals surface area contributed by atoms with Crippen molar-refractivity contribution in [2.75, 3.05) is 41.4 Å². The summed E-state index contributed by atoms with van der Waals surface area (Å²) in [7, 11) is 6.79. The molecule has 0 unspecified atom stereocenters. The van der Waals surface area contributed by atoms with Gasteiger partial charge in [0.2, 0.25) is 0 Å². The number of carbonyl (C=O) groups excluding carboxylic acids is 2. The summed E-state index contributed by atoms with van der Waals surface area (Å²) >= 11 is 0. The Morgan fingerprint density at radius 1 is 1.06 bits per heavy atom. The van der Waals surface area contributed by atoms with Gasteiger partial charge in [-0.25, -0.2) is 0 Å². The highest BCUT2D eigenvalue weighted by molar-refractivity contribution is 6.46. The first-order valence-corrected chi connectivity index (χ1v) is 11.1. The molecular formula is C26H32N2O6. The van der Waals surface area contributed by atoms with Crippen LogP contribution in [0.2, 0.25) is 0 Å². The van der Waals surface area contributed by atoms with E-state index in [4.69, 9.17) is 14.2 Å². The Hall–Kier alpha value is -3.52. The summed E-state index contributed by atoms with van der Waals surface area (Å²) in [6, 6.07) is 11.2. The average molecular weight is 469 g/mol. The molecule has 8 nitrogen and oxygen atoms in total. The van der Waals surface area contributed by atoms with Crippen molar-refractivity contribution in [1.29, 1.82) is 0 Å². The van der Waals surface area contributed by atoms with E-state index >= 15 is 0 Å². The lowest BCUT2D eigenvalue weighted by Crippen LogP contribution is -2.35. The maximum absolute atomic E-state index is 13.2. The maximum Gasteiger partial charge on any atom is 0.295 e. The summed E-state index contributed by atoms with van der Waals surface area (Å²) in [5, 5.41) is 11.3. The minimum atomic E-state index is -0.836. The molecule has 1 heterocycles. The SMILES string of the molecule is COc1cccc([C@H]2C(=C(O)c3ccc(OC(C)C)cc3)C(=O)C(=O)N2CCN(C)C)c1OC. The van der Waals surface area contributed by atoms with Crippen molar-refractivity contribution in [3.63, 3.8) is 0 Å². The van der Waals surface area contributed by atoms with Crippen LogP contribution in [0.25, 0.3) is 5.76 Å². The lowest BCUT2D eigenvalue weighted by atomic mass is 9.94. The van der Waals surface area contributed by atoms with Gasteiger partial charge in [0.1, 0.15) is 11.5 Å². The Balaban J connectivity index is 2.17. The first kappa shape index (κ1) is 25.1. The summed E-state index contributed by atoms with van der Waals surface area (Å²) in [6.07, 6.45) is 0.00185. The van der Waals surface area contributed by atoms with Gasteiger partial charge in [0.05, 0.1) is 31.9 Å². The van der Waals surface area contributed by atoms with Crippen LogP contribution < -0.4 is 14.2 Å². The molecule has 3 rings (SSSR count). The lowest BCUT2D eigenvalue weighted by molar-refractivity contribution is -0.140. The molecule has 2 aromatic carbocycles. The van der Waals surface area contributed by atoms with Gasteiger partial charge in [0.25, 0.3) is 11.7 Å². The van der Waals surface area contributed by atoms with Crippen LogP contribution in [0.4, 0.5) is 0 Å². The van der Waals surface area contributed by atoms with Crippen LogP contribution in [0, 0.1) is 0 Å². The smallest absolute Gasteiger partial charge is 0.295 e. The molecule has 1 aliphatic rings.